The maximum atomic E-state index is 8.85. The standard InChI is InChI=1S/C14H7BrCl3NO/c15-11-3-8(6-19)4-13(18)14(11)20-7-9-1-2-10(16)5-12(9)17/h1-5H,7H2. The van der Waals surface area contributed by atoms with Crippen molar-refractivity contribution in [1.82, 2.24) is 0 Å². The number of nitrogens with zero attached hydrogens (tertiary/aromatic N) is 1. The minimum atomic E-state index is 0.250. The molecule has 2 aromatic carbocycles. The first-order valence-electron chi connectivity index (χ1n) is 5.47. The van der Waals surface area contributed by atoms with Gasteiger partial charge in [0.25, 0.3) is 0 Å². The molecule has 0 aliphatic heterocycles. The van der Waals surface area contributed by atoms with Crippen molar-refractivity contribution in [2.45, 2.75) is 6.61 Å². The van der Waals surface area contributed by atoms with E-state index in [1.165, 1.54) is 0 Å². The van der Waals surface area contributed by atoms with Gasteiger partial charge >= 0.3 is 0 Å². The maximum Gasteiger partial charge on any atom is 0.152 e. The Morgan fingerprint density at radius 1 is 1.10 bits per heavy atom. The molecule has 0 amide bonds. The third kappa shape index (κ3) is 3.59. The van der Waals surface area contributed by atoms with Crippen molar-refractivity contribution in [3.63, 3.8) is 0 Å². The van der Waals surface area contributed by atoms with Crippen LogP contribution >= 0.6 is 50.7 Å². The first kappa shape index (κ1) is 15.5. The van der Waals surface area contributed by atoms with E-state index in [1.54, 1.807) is 30.3 Å². The van der Waals surface area contributed by atoms with E-state index in [2.05, 4.69) is 15.9 Å². The van der Waals surface area contributed by atoms with Crippen LogP contribution in [0.4, 0.5) is 0 Å². The first-order chi connectivity index (χ1) is 9.51. The molecule has 0 saturated heterocycles. The Bertz CT molecular complexity index is 674. The average Bonchev–Trinajstić information content (AvgIpc) is 2.39. The van der Waals surface area contributed by atoms with Crippen molar-refractivity contribution in [1.29, 1.82) is 5.26 Å². The molecule has 0 unspecified atom stereocenters. The molecule has 0 atom stereocenters. The number of benzene rings is 2. The second-order valence-electron chi connectivity index (χ2n) is 3.91. The summed E-state index contributed by atoms with van der Waals surface area (Å²) >= 11 is 21.3. The summed E-state index contributed by atoms with van der Waals surface area (Å²) in [5.41, 5.74) is 1.25. The third-order valence-corrected chi connectivity index (χ3v) is 3.97. The van der Waals surface area contributed by atoms with Crippen LogP contribution in [0.25, 0.3) is 0 Å². The zero-order valence-corrected chi connectivity index (χ0v) is 13.8. The molecule has 0 spiro atoms. The minimum absolute atomic E-state index is 0.250. The van der Waals surface area contributed by atoms with Gasteiger partial charge in [0, 0.05) is 15.6 Å². The van der Waals surface area contributed by atoms with Gasteiger partial charge in [-0.25, -0.2) is 0 Å². The van der Waals surface area contributed by atoms with E-state index in [4.69, 9.17) is 44.8 Å². The molecule has 0 aliphatic rings. The van der Waals surface area contributed by atoms with Crippen LogP contribution in [0.3, 0.4) is 0 Å². The van der Waals surface area contributed by atoms with Crippen molar-refractivity contribution < 1.29 is 4.74 Å². The largest absolute Gasteiger partial charge is 0.486 e. The van der Waals surface area contributed by atoms with Gasteiger partial charge in [0.15, 0.2) is 5.75 Å². The molecule has 2 rings (SSSR count). The Hall–Kier alpha value is -0.920. The fourth-order valence-corrected chi connectivity index (χ4v) is 2.98. The Balaban J connectivity index is 2.21. The lowest BCUT2D eigenvalue weighted by molar-refractivity contribution is 0.304. The smallest absolute Gasteiger partial charge is 0.152 e. The highest BCUT2D eigenvalue weighted by Gasteiger charge is 2.10. The Labute approximate surface area is 140 Å². The SMILES string of the molecule is N#Cc1cc(Cl)c(OCc2ccc(Cl)cc2Cl)c(Br)c1. The summed E-state index contributed by atoms with van der Waals surface area (Å²) < 4.78 is 6.28. The van der Waals surface area contributed by atoms with Gasteiger partial charge in [-0.3, -0.25) is 0 Å². The molecule has 0 aromatic heterocycles. The molecule has 2 aromatic rings. The summed E-state index contributed by atoms with van der Waals surface area (Å²) in [7, 11) is 0. The fraction of sp³-hybridized carbons (Fsp3) is 0.0714. The van der Waals surface area contributed by atoms with E-state index >= 15 is 0 Å². The Morgan fingerprint density at radius 3 is 2.45 bits per heavy atom. The lowest BCUT2D eigenvalue weighted by Gasteiger charge is -2.11. The van der Waals surface area contributed by atoms with Gasteiger partial charge in [0.1, 0.15) is 6.61 Å². The summed E-state index contributed by atoms with van der Waals surface area (Å²) in [5.74, 6) is 0.469. The van der Waals surface area contributed by atoms with E-state index in [0.717, 1.165) is 5.56 Å². The molecule has 0 aliphatic carbocycles. The van der Waals surface area contributed by atoms with Crippen molar-refractivity contribution in [3.05, 3.63) is 61.0 Å². The van der Waals surface area contributed by atoms with E-state index in [0.29, 0.717) is 30.9 Å². The normalized spacial score (nSPS) is 10.2. The van der Waals surface area contributed by atoms with Crippen LogP contribution in [0, 0.1) is 11.3 Å². The van der Waals surface area contributed by atoms with E-state index in [1.807, 2.05) is 6.07 Å². The average molecular weight is 391 g/mol. The summed E-state index contributed by atoms with van der Waals surface area (Å²) in [4.78, 5) is 0. The lowest BCUT2D eigenvalue weighted by Crippen LogP contribution is -1.98. The van der Waals surface area contributed by atoms with Crippen LogP contribution in [-0.4, -0.2) is 0 Å². The van der Waals surface area contributed by atoms with Crippen LogP contribution < -0.4 is 4.74 Å². The molecular weight excluding hydrogens is 384 g/mol. The quantitative estimate of drug-likeness (QED) is 0.656. The van der Waals surface area contributed by atoms with Crippen molar-refractivity contribution >= 4 is 50.7 Å². The van der Waals surface area contributed by atoms with Gasteiger partial charge in [0.2, 0.25) is 0 Å². The molecule has 6 heteroatoms. The molecule has 2 nitrogen and oxygen atoms in total. The number of rotatable bonds is 3. The number of hydrogen-bond acceptors (Lipinski definition) is 2. The minimum Gasteiger partial charge on any atom is -0.486 e. The fourth-order valence-electron chi connectivity index (χ4n) is 1.55. The van der Waals surface area contributed by atoms with Crippen molar-refractivity contribution in [3.8, 4) is 11.8 Å². The third-order valence-electron chi connectivity index (χ3n) is 2.51. The second-order valence-corrected chi connectivity index (χ2v) is 6.01. The van der Waals surface area contributed by atoms with Crippen LogP contribution in [0.2, 0.25) is 15.1 Å². The lowest BCUT2D eigenvalue weighted by atomic mass is 10.2. The van der Waals surface area contributed by atoms with Crippen molar-refractivity contribution in [2.75, 3.05) is 0 Å². The van der Waals surface area contributed by atoms with Gasteiger partial charge in [-0.15, -0.1) is 0 Å². The number of halogens is 4. The molecule has 0 N–H and O–H groups in total. The molecular formula is C14H7BrCl3NO. The van der Waals surface area contributed by atoms with Crippen LogP contribution in [0.15, 0.2) is 34.8 Å². The van der Waals surface area contributed by atoms with Crippen molar-refractivity contribution in [2.24, 2.45) is 0 Å². The number of hydrogen-bond donors (Lipinski definition) is 0. The molecule has 20 heavy (non-hydrogen) atoms. The van der Waals surface area contributed by atoms with Gasteiger partial charge < -0.3 is 4.74 Å². The zero-order chi connectivity index (χ0) is 14.7. The van der Waals surface area contributed by atoms with Gasteiger partial charge in [0.05, 0.1) is 21.1 Å². The highest BCUT2D eigenvalue weighted by molar-refractivity contribution is 9.10. The van der Waals surface area contributed by atoms with E-state index in [-0.39, 0.29) is 6.61 Å². The molecule has 0 saturated carbocycles. The summed E-state index contributed by atoms with van der Waals surface area (Å²) in [5, 5.41) is 10.3. The highest BCUT2D eigenvalue weighted by atomic mass is 79.9. The molecule has 0 heterocycles. The monoisotopic (exact) mass is 389 g/mol. The van der Waals surface area contributed by atoms with Gasteiger partial charge in [-0.05, 0) is 40.2 Å². The Morgan fingerprint density at radius 2 is 1.85 bits per heavy atom. The highest BCUT2D eigenvalue weighted by Crippen LogP contribution is 2.35. The first-order valence-corrected chi connectivity index (χ1v) is 7.40. The number of ether oxygens (including phenoxy) is 1. The summed E-state index contributed by atoms with van der Waals surface area (Å²) in [6.07, 6.45) is 0. The van der Waals surface area contributed by atoms with Crippen LogP contribution in [0.1, 0.15) is 11.1 Å². The molecule has 0 radical (unpaired) electrons. The predicted octanol–water partition coefficient (Wildman–Crippen LogP) is 5.86. The second kappa shape index (κ2) is 6.69. The zero-order valence-electron chi connectivity index (χ0n) is 9.96. The van der Waals surface area contributed by atoms with E-state index in [9.17, 15) is 0 Å². The van der Waals surface area contributed by atoms with E-state index < -0.39 is 0 Å². The summed E-state index contributed by atoms with van der Waals surface area (Å²) in [6, 6.07) is 10.4. The van der Waals surface area contributed by atoms with Crippen LogP contribution in [0.5, 0.6) is 5.75 Å². The molecule has 102 valence electrons. The topological polar surface area (TPSA) is 33.0 Å². The predicted molar refractivity (Wildman–Crippen MR) is 84.7 cm³/mol. The summed E-state index contributed by atoms with van der Waals surface area (Å²) in [6.45, 7) is 0.250. The molecule has 0 fully saturated rings. The molecule has 0 bridgehead atoms. The Kier molecular flexibility index (Phi) is 5.17. The van der Waals surface area contributed by atoms with Gasteiger partial charge in [-0.1, -0.05) is 40.9 Å². The maximum absolute atomic E-state index is 8.85. The van der Waals surface area contributed by atoms with Gasteiger partial charge in [-0.2, -0.15) is 5.26 Å². The van der Waals surface area contributed by atoms with Crippen LogP contribution in [-0.2, 0) is 6.61 Å². The number of nitriles is 1.